The molecular formula is C5H8ClNO3. The summed E-state index contributed by atoms with van der Waals surface area (Å²) in [5, 5.41) is 7.75. The highest BCUT2D eigenvalue weighted by atomic mass is 35.5. The van der Waals surface area contributed by atoms with Gasteiger partial charge in [-0.1, -0.05) is 0 Å². The summed E-state index contributed by atoms with van der Waals surface area (Å²) in [6.07, 6.45) is -0.998. The zero-order valence-electron chi connectivity index (χ0n) is 5.50. The predicted octanol–water partition coefficient (Wildman–Crippen LogP) is 0.752. The molecule has 0 saturated carbocycles. The van der Waals surface area contributed by atoms with Gasteiger partial charge in [0.1, 0.15) is 0 Å². The van der Waals surface area contributed by atoms with Gasteiger partial charge in [-0.05, 0) is 11.6 Å². The second kappa shape index (κ2) is 4.11. The molecule has 0 saturated heterocycles. The van der Waals surface area contributed by atoms with Crippen molar-refractivity contribution in [1.82, 2.24) is 4.90 Å². The number of rotatable bonds is 3. The summed E-state index contributed by atoms with van der Waals surface area (Å²) in [7, 11) is 1.38. The summed E-state index contributed by atoms with van der Waals surface area (Å²) in [4.78, 5) is 21.2. The summed E-state index contributed by atoms with van der Waals surface area (Å²) >= 11 is 4.97. The summed E-state index contributed by atoms with van der Waals surface area (Å²) < 4.78 is 0. The van der Waals surface area contributed by atoms with Crippen LogP contribution in [0.25, 0.3) is 0 Å². The highest BCUT2D eigenvalue weighted by Gasteiger charge is 2.05. The van der Waals surface area contributed by atoms with Crippen LogP contribution in [0.1, 0.15) is 6.42 Å². The first-order chi connectivity index (χ1) is 4.54. The van der Waals surface area contributed by atoms with E-state index in [9.17, 15) is 9.59 Å². The van der Waals surface area contributed by atoms with Crippen LogP contribution in [0.4, 0.5) is 4.79 Å². The maximum atomic E-state index is 10.1. The van der Waals surface area contributed by atoms with Gasteiger partial charge in [-0.25, -0.2) is 4.79 Å². The van der Waals surface area contributed by atoms with Crippen LogP contribution in [0.2, 0.25) is 0 Å². The van der Waals surface area contributed by atoms with Crippen molar-refractivity contribution < 1.29 is 14.7 Å². The molecule has 0 aliphatic rings. The molecule has 0 aromatic rings. The van der Waals surface area contributed by atoms with Crippen LogP contribution in [-0.4, -0.2) is 34.9 Å². The van der Waals surface area contributed by atoms with Crippen LogP contribution in [-0.2, 0) is 4.79 Å². The van der Waals surface area contributed by atoms with E-state index in [1.54, 1.807) is 0 Å². The zero-order valence-corrected chi connectivity index (χ0v) is 6.26. The molecule has 0 radical (unpaired) electrons. The van der Waals surface area contributed by atoms with E-state index in [2.05, 4.69) is 0 Å². The molecular weight excluding hydrogens is 158 g/mol. The van der Waals surface area contributed by atoms with Gasteiger partial charge in [-0.15, -0.1) is 0 Å². The average molecular weight is 166 g/mol. The Morgan fingerprint density at radius 1 is 1.60 bits per heavy atom. The summed E-state index contributed by atoms with van der Waals surface area (Å²) in [6, 6.07) is 0. The molecule has 4 nitrogen and oxygen atoms in total. The van der Waals surface area contributed by atoms with Crippen molar-refractivity contribution in [2.45, 2.75) is 6.42 Å². The maximum Gasteiger partial charge on any atom is 0.407 e. The SMILES string of the molecule is CN(CCC(=O)Cl)C(=O)O. The Morgan fingerprint density at radius 2 is 2.10 bits per heavy atom. The fourth-order valence-electron chi connectivity index (χ4n) is 0.351. The minimum atomic E-state index is -1.06. The van der Waals surface area contributed by atoms with Gasteiger partial charge in [-0.3, -0.25) is 4.79 Å². The molecule has 0 unspecified atom stereocenters. The van der Waals surface area contributed by atoms with Crippen molar-refractivity contribution in [2.75, 3.05) is 13.6 Å². The molecule has 58 valence electrons. The Kier molecular flexibility index (Phi) is 3.79. The maximum absolute atomic E-state index is 10.1. The van der Waals surface area contributed by atoms with Crippen molar-refractivity contribution in [2.24, 2.45) is 0 Å². The Labute approximate surface area is 63.4 Å². The quantitative estimate of drug-likeness (QED) is 0.628. The van der Waals surface area contributed by atoms with Crippen molar-refractivity contribution in [1.29, 1.82) is 0 Å². The molecule has 0 aromatic carbocycles. The van der Waals surface area contributed by atoms with Crippen LogP contribution < -0.4 is 0 Å². The van der Waals surface area contributed by atoms with Crippen LogP contribution in [0.3, 0.4) is 0 Å². The van der Waals surface area contributed by atoms with Crippen LogP contribution in [0, 0.1) is 0 Å². The lowest BCUT2D eigenvalue weighted by Crippen LogP contribution is -2.26. The number of carbonyl (C=O) groups is 2. The van der Waals surface area contributed by atoms with E-state index >= 15 is 0 Å². The van der Waals surface area contributed by atoms with Gasteiger partial charge in [0.15, 0.2) is 0 Å². The standard InChI is InChI=1S/C5H8ClNO3/c1-7(5(9)10)3-2-4(6)8/h2-3H2,1H3,(H,9,10). The lowest BCUT2D eigenvalue weighted by molar-refractivity contribution is -0.111. The van der Waals surface area contributed by atoms with Crippen LogP contribution in [0.5, 0.6) is 0 Å². The predicted molar refractivity (Wildman–Crippen MR) is 36.1 cm³/mol. The van der Waals surface area contributed by atoms with Gasteiger partial charge in [0, 0.05) is 20.0 Å². The minimum absolute atomic E-state index is 0.0599. The average Bonchev–Trinajstić information content (AvgIpc) is 1.82. The zero-order chi connectivity index (χ0) is 8.15. The molecule has 0 heterocycles. The molecule has 0 spiro atoms. The van der Waals surface area contributed by atoms with E-state index in [1.807, 2.05) is 0 Å². The minimum Gasteiger partial charge on any atom is -0.465 e. The molecule has 1 amide bonds. The Hall–Kier alpha value is -0.770. The van der Waals surface area contributed by atoms with Crippen LogP contribution in [0.15, 0.2) is 0 Å². The molecule has 1 N–H and O–H groups in total. The molecule has 0 atom stereocenters. The smallest absolute Gasteiger partial charge is 0.407 e. The van der Waals surface area contributed by atoms with Crippen molar-refractivity contribution >= 4 is 22.9 Å². The highest BCUT2D eigenvalue weighted by Crippen LogP contribution is 1.91. The number of hydrogen-bond acceptors (Lipinski definition) is 2. The highest BCUT2D eigenvalue weighted by molar-refractivity contribution is 6.63. The van der Waals surface area contributed by atoms with Gasteiger partial charge in [-0.2, -0.15) is 0 Å². The number of carboxylic acid groups (broad SMARTS) is 1. The molecule has 5 heteroatoms. The van der Waals surface area contributed by atoms with E-state index in [4.69, 9.17) is 16.7 Å². The Bertz CT molecular complexity index is 148. The fourth-order valence-corrected chi connectivity index (χ4v) is 0.436. The first kappa shape index (κ1) is 9.23. The topological polar surface area (TPSA) is 57.6 Å². The first-order valence-corrected chi connectivity index (χ1v) is 3.04. The number of carbonyl (C=O) groups excluding carboxylic acids is 1. The van der Waals surface area contributed by atoms with Crippen LogP contribution >= 0.6 is 11.6 Å². The number of amides is 1. The number of hydrogen-bond donors (Lipinski definition) is 1. The van der Waals surface area contributed by atoms with E-state index in [0.29, 0.717) is 0 Å². The van der Waals surface area contributed by atoms with Gasteiger partial charge in [0.2, 0.25) is 5.24 Å². The largest absolute Gasteiger partial charge is 0.465 e. The monoisotopic (exact) mass is 165 g/mol. The molecule has 0 aliphatic heterocycles. The number of nitrogens with zero attached hydrogens (tertiary/aromatic N) is 1. The Morgan fingerprint density at radius 3 is 2.40 bits per heavy atom. The van der Waals surface area contributed by atoms with E-state index < -0.39 is 11.3 Å². The third-order valence-corrected chi connectivity index (χ3v) is 1.16. The van der Waals surface area contributed by atoms with Gasteiger partial charge < -0.3 is 10.0 Å². The van der Waals surface area contributed by atoms with E-state index in [-0.39, 0.29) is 13.0 Å². The van der Waals surface area contributed by atoms with Gasteiger partial charge in [0.05, 0.1) is 0 Å². The van der Waals surface area contributed by atoms with Gasteiger partial charge >= 0.3 is 6.09 Å². The van der Waals surface area contributed by atoms with E-state index in [0.717, 1.165) is 4.90 Å². The lowest BCUT2D eigenvalue weighted by Gasteiger charge is -2.09. The summed E-state index contributed by atoms with van der Waals surface area (Å²) in [5.74, 6) is 0. The second-order valence-corrected chi connectivity index (χ2v) is 2.23. The molecule has 0 fully saturated rings. The van der Waals surface area contributed by atoms with E-state index in [1.165, 1.54) is 7.05 Å². The molecule has 0 aliphatic carbocycles. The number of halogens is 1. The van der Waals surface area contributed by atoms with Crippen molar-refractivity contribution in [3.05, 3.63) is 0 Å². The molecule has 10 heavy (non-hydrogen) atoms. The van der Waals surface area contributed by atoms with Crippen molar-refractivity contribution in [3.63, 3.8) is 0 Å². The summed E-state index contributed by atoms with van der Waals surface area (Å²) in [6.45, 7) is 0.150. The molecule has 0 bridgehead atoms. The van der Waals surface area contributed by atoms with Gasteiger partial charge in [0.25, 0.3) is 0 Å². The Balaban J connectivity index is 3.49. The second-order valence-electron chi connectivity index (χ2n) is 1.81. The summed E-state index contributed by atoms with van der Waals surface area (Å²) in [5.41, 5.74) is 0. The molecule has 0 rings (SSSR count). The third-order valence-electron chi connectivity index (χ3n) is 0.970. The fraction of sp³-hybridized carbons (Fsp3) is 0.600. The third kappa shape index (κ3) is 4.14. The van der Waals surface area contributed by atoms with Crippen molar-refractivity contribution in [3.8, 4) is 0 Å². The lowest BCUT2D eigenvalue weighted by atomic mass is 10.4. The first-order valence-electron chi connectivity index (χ1n) is 2.66. The normalized spacial score (nSPS) is 9.00. The molecule has 0 aromatic heterocycles.